The Morgan fingerprint density at radius 2 is 2.17 bits per heavy atom. The van der Waals surface area contributed by atoms with E-state index in [-0.39, 0.29) is 5.91 Å². The molecule has 0 atom stereocenters. The number of rotatable bonds is 3. The Labute approximate surface area is 119 Å². The van der Waals surface area contributed by atoms with E-state index in [4.69, 9.17) is 5.26 Å². The smallest absolute Gasteiger partial charge is 0.232 e. The lowest BCUT2D eigenvalue weighted by Gasteiger charge is -2.15. The zero-order chi connectivity index (χ0) is 13.0. The molecule has 0 aliphatic carbocycles. The van der Waals surface area contributed by atoms with Gasteiger partial charge in [0.2, 0.25) is 5.91 Å². The van der Waals surface area contributed by atoms with Gasteiger partial charge in [0.15, 0.2) is 0 Å². The van der Waals surface area contributed by atoms with Crippen molar-refractivity contribution in [3.05, 3.63) is 28.2 Å². The molecule has 1 aromatic carbocycles. The summed E-state index contributed by atoms with van der Waals surface area (Å²) < 4.78 is 0.781. The standard InChI is InChI=1S/C13H13BrN2OS/c14-11-4-3-5-12(10(11)8-15)18-9-13(17)16-6-1-2-7-16/h3-5H,1-2,6-7,9H2. The number of likely N-dealkylation sites (tertiary alicyclic amines) is 1. The largest absolute Gasteiger partial charge is 0.342 e. The van der Waals surface area contributed by atoms with Gasteiger partial charge in [0.05, 0.1) is 11.3 Å². The van der Waals surface area contributed by atoms with Crippen LogP contribution in [-0.4, -0.2) is 29.6 Å². The highest BCUT2D eigenvalue weighted by molar-refractivity contribution is 9.10. The summed E-state index contributed by atoms with van der Waals surface area (Å²) in [5.41, 5.74) is 0.608. The first-order chi connectivity index (χ1) is 8.72. The van der Waals surface area contributed by atoms with E-state index in [0.29, 0.717) is 11.3 Å². The third-order valence-corrected chi connectivity index (χ3v) is 4.60. The summed E-state index contributed by atoms with van der Waals surface area (Å²) in [5, 5.41) is 9.09. The number of nitriles is 1. The fraction of sp³-hybridized carbons (Fsp3) is 0.385. The monoisotopic (exact) mass is 324 g/mol. The second kappa shape index (κ2) is 6.26. The van der Waals surface area contributed by atoms with Crippen molar-refractivity contribution in [1.29, 1.82) is 5.26 Å². The van der Waals surface area contributed by atoms with E-state index in [9.17, 15) is 4.79 Å². The maximum absolute atomic E-state index is 11.9. The van der Waals surface area contributed by atoms with E-state index in [2.05, 4.69) is 22.0 Å². The summed E-state index contributed by atoms with van der Waals surface area (Å²) in [5.74, 6) is 0.576. The van der Waals surface area contributed by atoms with Gasteiger partial charge in [-0.05, 0) is 40.9 Å². The lowest BCUT2D eigenvalue weighted by atomic mass is 10.2. The molecular weight excluding hydrogens is 312 g/mol. The molecule has 0 radical (unpaired) electrons. The summed E-state index contributed by atoms with van der Waals surface area (Å²) in [7, 11) is 0. The lowest BCUT2D eigenvalue weighted by Crippen LogP contribution is -2.29. The van der Waals surface area contributed by atoms with Crippen LogP contribution in [-0.2, 0) is 4.79 Å². The Morgan fingerprint density at radius 3 is 2.83 bits per heavy atom. The Hall–Kier alpha value is -0.990. The number of hydrogen-bond donors (Lipinski definition) is 0. The van der Waals surface area contributed by atoms with Crippen LogP contribution in [0.2, 0.25) is 0 Å². The molecule has 1 fully saturated rings. The van der Waals surface area contributed by atoms with Crippen LogP contribution in [0, 0.1) is 11.3 Å². The van der Waals surface area contributed by atoms with Gasteiger partial charge < -0.3 is 4.90 Å². The molecule has 0 unspecified atom stereocenters. The normalized spacial score (nSPS) is 14.6. The van der Waals surface area contributed by atoms with Crippen molar-refractivity contribution in [2.45, 2.75) is 17.7 Å². The van der Waals surface area contributed by atoms with Gasteiger partial charge in [0, 0.05) is 22.5 Å². The van der Waals surface area contributed by atoms with Gasteiger partial charge in [-0.3, -0.25) is 4.79 Å². The molecule has 94 valence electrons. The average Bonchev–Trinajstić information content (AvgIpc) is 2.90. The Morgan fingerprint density at radius 1 is 1.44 bits per heavy atom. The van der Waals surface area contributed by atoms with Crippen molar-refractivity contribution in [3.63, 3.8) is 0 Å². The maximum atomic E-state index is 11.9. The van der Waals surface area contributed by atoms with E-state index in [0.717, 1.165) is 35.3 Å². The molecule has 1 heterocycles. The molecule has 5 heteroatoms. The van der Waals surface area contributed by atoms with Crippen molar-refractivity contribution in [3.8, 4) is 6.07 Å². The molecular formula is C13H13BrN2OS. The fourth-order valence-electron chi connectivity index (χ4n) is 1.93. The van der Waals surface area contributed by atoms with Crippen LogP contribution in [0.15, 0.2) is 27.6 Å². The first kappa shape index (κ1) is 13.4. The predicted octanol–water partition coefficient (Wildman–Crippen LogP) is 3.04. The van der Waals surface area contributed by atoms with E-state index >= 15 is 0 Å². The molecule has 1 saturated heterocycles. The van der Waals surface area contributed by atoms with Crippen LogP contribution in [0.1, 0.15) is 18.4 Å². The molecule has 2 rings (SSSR count). The van der Waals surface area contributed by atoms with E-state index in [1.807, 2.05) is 23.1 Å². The first-order valence-electron chi connectivity index (χ1n) is 5.81. The first-order valence-corrected chi connectivity index (χ1v) is 7.59. The van der Waals surface area contributed by atoms with Crippen LogP contribution >= 0.6 is 27.7 Å². The molecule has 3 nitrogen and oxygen atoms in total. The molecule has 0 spiro atoms. The van der Waals surface area contributed by atoms with Crippen LogP contribution in [0.5, 0.6) is 0 Å². The molecule has 0 bridgehead atoms. The number of nitrogens with zero attached hydrogens (tertiary/aromatic N) is 2. The molecule has 0 aromatic heterocycles. The van der Waals surface area contributed by atoms with Gasteiger partial charge in [-0.15, -0.1) is 11.8 Å². The second-order valence-electron chi connectivity index (χ2n) is 4.10. The summed E-state index contributed by atoms with van der Waals surface area (Å²) in [6, 6.07) is 7.77. The van der Waals surface area contributed by atoms with Gasteiger partial charge >= 0.3 is 0 Å². The van der Waals surface area contributed by atoms with Crippen molar-refractivity contribution in [2.24, 2.45) is 0 Å². The Kier molecular flexibility index (Phi) is 4.67. The van der Waals surface area contributed by atoms with E-state index in [1.165, 1.54) is 11.8 Å². The van der Waals surface area contributed by atoms with Gasteiger partial charge in [0.1, 0.15) is 6.07 Å². The third kappa shape index (κ3) is 3.06. The number of carbonyl (C=O) groups is 1. The highest BCUT2D eigenvalue weighted by Crippen LogP contribution is 2.28. The van der Waals surface area contributed by atoms with Gasteiger partial charge in [-0.2, -0.15) is 5.26 Å². The number of hydrogen-bond acceptors (Lipinski definition) is 3. The van der Waals surface area contributed by atoms with E-state index < -0.39 is 0 Å². The number of amides is 1. The predicted molar refractivity (Wildman–Crippen MR) is 75.4 cm³/mol. The zero-order valence-electron chi connectivity index (χ0n) is 9.86. The van der Waals surface area contributed by atoms with Crippen LogP contribution in [0.4, 0.5) is 0 Å². The number of carbonyl (C=O) groups excluding carboxylic acids is 1. The lowest BCUT2D eigenvalue weighted by molar-refractivity contribution is -0.127. The Balaban J connectivity index is 2.00. The minimum atomic E-state index is 0.168. The molecule has 18 heavy (non-hydrogen) atoms. The van der Waals surface area contributed by atoms with Crippen molar-refractivity contribution < 1.29 is 4.79 Å². The summed E-state index contributed by atoms with van der Waals surface area (Å²) in [4.78, 5) is 14.7. The fourth-order valence-corrected chi connectivity index (χ4v) is 3.45. The van der Waals surface area contributed by atoms with E-state index in [1.54, 1.807) is 0 Å². The van der Waals surface area contributed by atoms with Crippen molar-refractivity contribution in [2.75, 3.05) is 18.8 Å². The minimum Gasteiger partial charge on any atom is -0.342 e. The molecule has 1 aliphatic rings. The molecule has 0 saturated carbocycles. The summed E-state index contributed by atoms with van der Waals surface area (Å²) in [6.45, 7) is 1.76. The topological polar surface area (TPSA) is 44.1 Å². The van der Waals surface area contributed by atoms with Gasteiger partial charge in [0.25, 0.3) is 0 Å². The minimum absolute atomic E-state index is 0.168. The molecule has 0 N–H and O–H groups in total. The second-order valence-corrected chi connectivity index (χ2v) is 5.97. The molecule has 1 amide bonds. The number of thioether (sulfide) groups is 1. The Bertz CT molecular complexity index is 492. The quantitative estimate of drug-likeness (QED) is 0.803. The highest BCUT2D eigenvalue weighted by atomic mass is 79.9. The van der Waals surface area contributed by atoms with Crippen LogP contribution in [0.25, 0.3) is 0 Å². The van der Waals surface area contributed by atoms with Crippen LogP contribution < -0.4 is 0 Å². The van der Waals surface area contributed by atoms with Crippen molar-refractivity contribution in [1.82, 2.24) is 4.90 Å². The SMILES string of the molecule is N#Cc1c(Br)cccc1SCC(=O)N1CCCC1. The number of benzene rings is 1. The number of halogens is 1. The average molecular weight is 325 g/mol. The van der Waals surface area contributed by atoms with Crippen LogP contribution in [0.3, 0.4) is 0 Å². The van der Waals surface area contributed by atoms with Crippen molar-refractivity contribution >= 4 is 33.6 Å². The van der Waals surface area contributed by atoms with Gasteiger partial charge in [-0.25, -0.2) is 0 Å². The molecule has 1 aromatic rings. The molecule has 1 aliphatic heterocycles. The summed E-state index contributed by atoms with van der Waals surface area (Å²) in [6.07, 6.45) is 2.22. The maximum Gasteiger partial charge on any atom is 0.232 e. The summed E-state index contributed by atoms with van der Waals surface area (Å²) >= 11 is 4.79. The van der Waals surface area contributed by atoms with Gasteiger partial charge in [-0.1, -0.05) is 6.07 Å². The third-order valence-electron chi connectivity index (χ3n) is 2.90. The highest BCUT2D eigenvalue weighted by Gasteiger charge is 2.18. The zero-order valence-corrected chi connectivity index (χ0v) is 12.3.